The Morgan fingerprint density at radius 2 is 1.19 bits per heavy atom. The van der Waals surface area contributed by atoms with E-state index in [2.05, 4.69) is 6.92 Å². The fourth-order valence-electron chi connectivity index (χ4n) is 3.02. The van der Waals surface area contributed by atoms with Crippen molar-refractivity contribution in [2.24, 2.45) is 0 Å². The first kappa shape index (κ1) is 24.4. The molecule has 6 heteroatoms. The summed E-state index contributed by atoms with van der Waals surface area (Å²) < 4.78 is 0. The van der Waals surface area contributed by atoms with Crippen LogP contribution in [0.25, 0.3) is 0 Å². The normalized spacial score (nSPS) is 11.9. The zero-order valence-corrected chi connectivity index (χ0v) is 16.5. The number of hydrogen-bond acceptors (Lipinski definition) is 3. The standard InChI is InChI=1S/C20H37NO5/c1-3-4-5-6-7-8-9-10-11-12-13-14-15-18(22)21(2)17(20(25)26)16-19(23)24/h17H,3-16H2,1-2H3,(H,23,24)(H,25,26)/t17-/m0/s1. The summed E-state index contributed by atoms with van der Waals surface area (Å²) in [5.74, 6) is -2.80. The number of nitrogens with zero attached hydrogens (tertiary/aromatic N) is 1. The highest BCUT2D eigenvalue weighted by Gasteiger charge is 2.28. The van der Waals surface area contributed by atoms with E-state index < -0.39 is 24.4 Å². The van der Waals surface area contributed by atoms with Crippen LogP contribution < -0.4 is 0 Å². The zero-order valence-electron chi connectivity index (χ0n) is 16.5. The summed E-state index contributed by atoms with van der Waals surface area (Å²) in [6.45, 7) is 2.23. The number of amides is 1. The number of aliphatic carboxylic acids is 2. The molecule has 2 N–H and O–H groups in total. The highest BCUT2D eigenvalue weighted by Crippen LogP contribution is 2.13. The number of rotatable bonds is 17. The van der Waals surface area contributed by atoms with Gasteiger partial charge in [0.15, 0.2) is 0 Å². The Balaban J connectivity index is 3.69. The molecule has 0 aliphatic heterocycles. The third kappa shape index (κ3) is 12.7. The lowest BCUT2D eigenvalue weighted by atomic mass is 10.0. The van der Waals surface area contributed by atoms with Crippen molar-refractivity contribution in [3.8, 4) is 0 Å². The number of carbonyl (C=O) groups is 3. The average Bonchev–Trinajstić information content (AvgIpc) is 2.59. The molecule has 0 bridgehead atoms. The Hall–Kier alpha value is -1.59. The summed E-state index contributed by atoms with van der Waals surface area (Å²) in [4.78, 5) is 34.9. The molecule has 0 aliphatic carbocycles. The topological polar surface area (TPSA) is 94.9 Å². The molecule has 0 radical (unpaired) electrons. The minimum Gasteiger partial charge on any atom is -0.481 e. The number of likely N-dealkylation sites (N-methyl/N-ethyl adjacent to an activating group) is 1. The number of carboxylic acids is 2. The van der Waals surface area contributed by atoms with Gasteiger partial charge >= 0.3 is 11.9 Å². The van der Waals surface area contributed by atoms with Crippen LogP contribution in [-0.2, 0) is 14.4 Å². The van der Waals surface area contributed by atoms with Gasteiger partial charge in [0.1, 0.15) is 6.04 Å². The Bertz CT molecular complexity index is 411. The lowest BCUT2D eigenvalue weighted by Crippen LogP contribution is -2.43. The maximum Gasteiger partial charge on any atom is 0.327 e. The van der Waals surface area contributed by atoms with Crippen molar-refractivity contribution in [1.29, 1.82) is 0 Å². The minimum atomic E-state index is -1.29. The highest BCUT2D eigenvalue weighted by molar-refractivity contribution is 5.86. The van der Waals surface area contributed by atoms with Crippen LogP contribution in [0.1, 0.15) is 96.8 Å². The number of unbranched alkanes of at least 4 members (excludes halogenated alkanes) is 11. The van der Waals surface area contributed by atoms with Crippen LogP contribution in [0.3, 0.4) is 0 Å². The molecule has 0 saturated carbocycles. The summed E-state index contributed by atoms with van der Waals surface area (Å²) in [7, 11) is 1.37. The van der Waals surface area contributed by atoms with E-state index in [0.717, 1.165) is 24.2 Å². The van der Waals surface area contributed by atoms with Gasteiger partial charge in [-0.1, -0.05) is 77.6 Å². The molecule has 0 aromatic carbocycles. The van der Waals surface area contributed by atoms with Gasteiger partial charge in [0, 0.05) is 13.5 Å². The van der Waals surface area contributed by atoms with Crippen LogP contribution in [-0.4, -0.2) is 46.0 Å². The molecule has 0 aromatic heterocycles. The first-order valence-corrected chi connectivity index (χ1v) is 10.1. The molecule has 0 rings (SSSR count). The smallest absolute Gasteiger partial charge is 0.327 e. The van der Waals surface area contributed by atoms with Gasteiger partial charge in [-0.2, -0.15) is 0 Å². The molecule has 0 fully saturated rings. The molecule has 0 heterocycles. The van der Waals surface area contributed by atoms with Crippen LogP contribution in [0, 0.1) is 0 Å². The van der Waals surface area contributed by atoms with E-state index >= 15 is 0 Å². The Morgan fingerprint density at radius 3 is 1.58 bits per heavy atom. The maximum atomic E-state index is 12.0. The molecule has 1 amide bonds. The molecule has 26 heavy (non-hydrogen) atoms. The summed E-state index contributed by atoms with van der Waals surface area (Å²) in [6.07, 6.45) is 14.1. The number of carboxylic acid groups (broad SMARTS) is 2. The Morgan fingerprint density at radius 1 is 0.769 bits per heavy atom. The predicted molar refractivity (Wildman–Crippen MR) is 102 cm³/mol. The average molecular weight is 372 g/mol. The summed E-state index contributed by atoms with van der Waals surface area (Å²) >= 11 is 0. The van der Waals surface area contributed by atoms with Crippen LogP contribution >= 0.6 is 0 Å². The second-order valence-electron chi connectivity index (χ2n) is 7.10. The lowest BCUT2D eigenvalue weighted by Gasteiger charge is -2.23. The maximum absolute atomic E-state index is 12.0. The monoisotopic (exact) mass is 371 g/mol. The van der Waals surface area contributed by atoms with E-state index in [1.807, 2.05) is 0 Å². The van der Waals surface area contributed by atoms with E-state index in [4.69, 9.17) is 10.2 Å². The van der Waals surface area contributed by atoms with Gasteiger partial charge in [0.05, 0.1) is 6.42 Å². The minimum absolute atomic E-state index is 0.275. The molecular formula is C20H37NO5. The molecule has 0 spiro atoms. The first-order valence-electron chi connectivity index (χ1n) is 10.1. The molecule has 152 valence electrons. The predicted octanol–water partition coefficient (Wildman–Crippen LogP) is 4.46. The van der Waals surface area contributed by atoms with Crippen molar-refractivity contribution in [2.75, 3.05) is 7.05 Å². The van der Waals surface area contributed by atoms with Crippen LogP contribution in [0.4, 0.5) is 0 Å². The third-order valence-electron chi connectivity index (χ3n) is 4.76. The number of carbonyl (C=O) groups excluding carboxylic acids is 1. The van der Waals surface area contributed by atoms with Crippen LogP contribution in [0.5, 0.6) is 0 Å². The zero-order chi connectivity index (χ0) is 19.8. The second kappa shape index (κ2) is 15.6. The largest absolute Gasteiger partial charge is 0.481 e. The van der Waals surface area contributed by atoms with Gasteiger partial charge in [0.25, 0.3) is 0 Å². The van der Waals surface area contributed by atoms with E-state index in [1.165, 1.54) is 64.8 Å². The molecule has 6 nitrogen and oxygen atoms in total. The molecule has 0 aliphatic rings. The third-order valence-corrected chi connectivity index (χ3v) is 4.76. The summed E-state index contributed by atoms with van der Waals surface area (Å²) in [6, 6.07) is -1.29. The molecule has 0 saturated heterocycles. The van der Waals surface area contributed by atoms with E-state index in [9.17, 15) is 14.4 Å². The fraction of sp³-hybridized carbons (Fsp3) is 0.850. The highest BCUT2D eigenvalue weighted by atomic mass is 16.4. The van der Waals surface area contributed by atoms with Crippen molar-refractivity contribution in [3.63, 3.8) is 0 Å². The van der Waals surface area contributed by atoms with Gasteiger partial charge < -0.3 is 15.1 Å². The lowest BCUT2D eigenvalue weighted by molar-refractivity contribution is -0.153. The van der Waals surface area contributed by atoms with Crippen LogP contribution in [0.2, 0.25) is 0 Å². The molecule has 0 unspecified atom stereocenters. The van der Waals surface area contributed by atoms with Crippen molar-refractivity contribution < 1.29 is 24.6 Å². The Kier molecular flexibility index (Phi) is 14.7. The fourth-order valence-corrected chi connectivity index (χ4v) is 3.02. The second-order valence-corrected chi connectivity index (χ2v) is 7.10. The van der Waals surface area contributed by atoms with Gasteiger partial charge in [-0.15, -0.1) is 0 Å². The van der Waals surface area contributed by atoms with E-state index in [1.54, 1.807) is 0 Å². The van der Waals surface area contributed by atoms with Crippen LogP contribution in [0.15, 0.2) is 0 Å². The molecule has 0 aromatic rings. The van der Waals surface area contributed by atoms with E-state index in [0.29, 0.717) is 0 Å². The quantitative estimate of drug-likeness (QED) is 0.368. The SMILES string of the molecule is CCCCCCCCCCCCCCC(=O)N(C)[C@@H](CC(=O)O)C(=O)O. The van der Waals surface area contributed by atoms with E-state index in [-0.39, 0.29) is 12.3 Å². The van der Waals surface area contributed by atoms with Gasteiger partial charge in [-0.25, -0.2) is 4.79 Å². The first-order chi connectivity index (χ1) is 12.4. The molecular weight excluding hydrogens is 334 g/mol. The van der Waals surface area contributed by atoms with Crippen molar-refractivity contribution in [2.45, 2.75) is 103 Å². The van der Waals surface area contributed by atoms with Gasteiger partial charge in [-0.05, 0) is 6.42 Å². The summed E-state index contributed by atoms with van der Waals surface area (Å²) in [5, 5.41) is 17.8. The van der Waals surface area contributed by atoms with Crippen molar-refractivity contribution in [3.05, 3.63) is 0 Å². The van der Waals surface area contributed by atoms with Crippen molar-refractivity contribution in [1.82, 2.24) is 4.90 Å². The summed E-state index contributed by atoms with van der Waals surface area (Å²) in [5.41, 5.74) is 0. The van der Waals surface area contributed by atoms with Gasteiger partial charge in [-0.3, -0.25) is 9.59 Å². The molecule has 1 atom stereocenters. The van der Waals surface area contributed by atoms with Crippen molar-refractivity contribution >= 4 is 17.8 Å². The Labute approximate surface area is 158 Å². The van der Waals surface area contributed by atoms with Gasteiger partial charge in [0.2, 0.25) is 5.91 Å². The number of hydrogen-bond donors (Lipinski definition) is 2.